The molecular formula is C23H28Cl2N2O2. The Bertz CT molecular complexity index is 792. The van der Waals surface area contributed by atoms with Crippen molar-refractivity contribution in [1.82, 2.24) is 10.2 Å². The second-order valence-corrected chi connectivity index (χ2v) is 7.74. The first-order valence-corrected chi connectivity index (χ1v) is 10.8. The van der Waals surface area contributed by atoms with E-state index in [4.69, 9.17) is 23.2 Å². The van der Waals surface area contributed by atoms with Crippen LogP contribution in [0.1, 0.15) is 44.2 Å². The lowest BCUT2D eigenvalue weighted by Gasteiger charge is -2.31. The number of nitrogens with one attached hydrogen (secondary N) is 1. The van der Waals surface area contributed by atoms with Gasteiger partial charge >= 0.3 is 0 Å². The van der Waals surface area contributed by atoms with E-state index < -0.39 is 6.04 Å². The van der Waals surface area contributed by atoms with E-state index >= 15 is 0 Å². The van der Waals surface area contributed by atoms with Gasteiger partial charge in [-0.25, -0.2) is 0 Å². The number of benzene rings is 2. The first-order valence-electron chi connectivity index (χ1n) is 10.0. The molecule has 2 rings (SSSR count). The second-order valence-electron chi connectivity index (χ2n) is 6.92. The largest absolute Gasteiger partial charge is 0.354 e. The van der Waals surface area contributed by atoms with Gasteiger partial charge in [-0.1, -0.05) is 73.4 Å². The summed E-state index contributed by atoms with van der Waals surface area (Å²) in [5.74, 6) is -0.242. The van der Waals surface area contributed by atoms with Crippen LogP contribution in [0.4, 0.5) is 0 Å². The summed E-state index contributed by atoms with van der Waals surface area (Å²) in [6.45, 7) is 4.67. The van der Waals surface area contributed by atoms with Crippen LogP contribution in [0.3, 0.4) is 0 Å². The average Bonchev–Trinajstić information content (AvgIpc) is 2.73. The van der Waals surface area contributed by atoms with E-state index in [0.717, 1.165) is 12.0 Å². The van der Waals surface area contributed by atoms with Crippen LogP contribution < -0.4 is 5.32 Å². The third-order valence-electron chi connectivity index (χ3n) is 4.80. The molecule has 0 bridgehead atoms. The van der Waals surface area contributed by atoms with Crippen LogP contribution in [-0.4, -0.2) is 29.3 Å². The molecule has 0 unspecified atom stereocenters. The highest BCUT2D eigenvalue weighted by Crippen LogP contribution is 2.27. The minimum Gasteiger partial charge on any atom is -0.354 e. The Morgan fingerprint density at radius 2 is 1.66 bits per heavy atom. The molecule has 1 N–H and O–H groups in total. The lowest BCUT2D eigenvalue weighted by molar-refractivity contribution is -0.141. The second kappa shape index (κ2) is 11.8. The maximum atomic E-state index is 13.2. The van der Waals surface area contributed by atoms with Crippen LogP contribution in [0.25, 0.3) is 0 Å². The Hall–Kier alpha value is -2.04. The third-order valence-corrected chi connectivity index (χ3v) is 5.50. The first-order chi connectivity index (χ1) is 14.0. The fraction of sp³-hybridized carbons (Fsp3) is 0.391. The molecule has 0 aromatic heterocycles. The smallest absolute Gasteiger partial charge is 0.242 e. The number of aryl methyl sites for hydroxylation is 1. The van der Waals surface area contributed by atoms with Crippen molar-refractivity contribution >= 4 is 35.0 Å². The van der Waals surface area contributed by atoms with Crippen LogP contribution in [0.5, 0.6) is 0 Å². The minimum absolute atomic E-state index is 0.0941. The molecule has 0 saturated heterocycles. The molecule has 0 aliphatic heterocycles. The van der Waals surface area contributed by atoms with Crippen molar-refractivity contribution in [3.8, 4) is 0 Å². The van der Waals surface area contributed by atoms with Crippen LogP contribution in [-0.2, 0) is 22.6 Å². The normalized spacial score (nSPS) is 11.7. The molecule has 0 spiro atoms. The van der Waals surface area contributed by atoms with Crippen molar-refractivity contribution in [2.45, 2.75) is 52.1 Å². The van der Waals surface area contributed by atoms with Gasteiger partial charge in [0.25, 0.3) is 0 Å². The van der Waals surface area contributed by atoms with Gasteiger partial charge in [-0.2, -0.15) is 0 Å². The predicted molar refractivity (Wildman–Crippen MR) is 119 cm³/mol. The zero-order chi connectivity index (χ0) is 21.2. The monoisotopic (exact) mass is 434 g/mol. The number of hydrogen-bond acceptors (Lipinski definition) is 2. The lowest BCUT2D eigenvalue weighted by Crippen LogP contribution is -2.49. The molecule has 29 heavy (non-hydrogen) atoms. The number of halogens is 2. The van der Waals surface area contributed by atoms with Crippen molar-refractivity contribution in [2.75, 3.05) is 6.54 Å². The van der Waals surface area contributed by atoms with E-state index in [1.165, 1.54) is 0 Å². The summed E-state index contributed by atoms with van der Waals surface area (Å²) < 4.78 is 0. The topological polar surface area (TPSA) is 49.4 Å². The number of nitrogens with zero attached hydrogens (tertiary/aromatic N) is 1. The Kier molecular flexibility index (Phi) is 9.49. The lowest BCUT2D eigenvalue weighted by atomic mass is 10.1. The molecular weight excluding hydrogens is 407 g/mol. The van der Waals surface area contributed by atoms with E-state index in [2.05, 4.69) is 5.32 Å². The highest BCUT2D eigenvalue weighted by atomic mass is 35.5. The van der Waals surface area contributed by atoms with E-state index in [1.807, 2.05) is 44.2 Å². The van der Waals surface area contributed by atoms with E-state index in [-0.39, 0.29) is 18.4 Å². The average molecular weight is 435 g/mol. The molecule has 156 valence electrons. The fourth-order valence-corrected chi connectivity index (χ4v) is 3.70. The minimum atomic E-state index is -0.572. The van der Waals surface area contributed by atoms with Gasteiger partial charge in [0, 0.05) is 35.1 Å². The Morgan fingerprint density at radius 3 is 2.24 bits per heavy atom. The van der Waals surface area contributed by atoms with Gasteiger partial charge in [0.2, 0.25) is 11.8 Å². The Labute approximate surface area is 183 Å². The number of amides is 2. The summed E-state index contributed by atoms with van der Waals surface area (Å²) in [5, 5.41) is 3.88. The summed E-state index contributed by atoms with van der Waals surface area (Å²) in [7, 11) is 0. The molecule has 0 saturated carbocycles. The zero-order valence-corrected chi connectivity index (χ0v) is 18.5. The van der Waals surface area contributed by atoms with Crippen molar-refractivity contribution in [3.63, 3.8) is 0 Å². The summed E-state index contributed by atoms with van der Waals surface area (Å²) >= 11 is 12.7. The molecule has 0 aliphatic rings. The van der Waals surface area contributed by atoms with Crippen LogP contribution in [0.15, 0.2) is 48.5 Å². The van der Waals surface area contributed by atoms with Gasteiger partial charge < -0.3 is 10.2 Å². The van der Waals surface area contributed by atoms with E-state index in [1.54, 1.807) is 23.1 Å². The molecule has 1 atom stereocenters. The highest BCUT2D eigenvalue weighted by molar-refractivity contribution is 6.36. The Morgan fingerprint density at radius 1 is 1.00 bits per heavy atom. The number of carbonyl (C=O) groups is 2. The van der Waals surface area contributed by atoms with Gasteiger partial charge in [0.05, 0.1) is 0 Å². The van der Waals surface area contributed by atoms with Crippen molar-refractivity contribution in [3.05, 3.63) is 69.7 Å². The molecule has 0 aliphatic carbocycles. The third kappa shape index (κ3) is 6.76. The quantitative estimate of drug-likeness (QED) is 0.554. The number of hydrogen-bond donors (Lipinski definition) is 1. The summed E-state index contributed by atoms with van der Waals surface area (Å²) in [6.07, 6.45) is 2.26. The maximum absolute atomic E-state index is 13.2. The molecule has 0 fully saturated rings. The van der Waals surface area contributed by atoms with Gasteiger partial charge in [-0.05, 0) is 37.0 Å². The standard InChI is InChI=1S/C23H28Cl2N2O2/c1-3-15-26-23(29)21(4-2)27(16-18-19(24)11-8-12-20(18)25)22(28)14-13-17-9-6-5-7-10-17/h5-12,21H,3-4,13-16H2,1-2H3,(H,26,29)/t21-/m0/s1. The Balaban J connectivity index is 2.25. The van der Waals surface area contributed by atoms with Gasteiger partial charge in [-0.3, -0.25) is 9.59 Å². The van der Waals surface area contributed by atoms with Crippen LogP contribution >= 0.6 is 23.2 Å². The molecule has 6 heteroatoms. The van der Waals surface area contributed by atoms with Crippen molar-refractivity contribution in [2.24, 2.45) is 0 Å². The number of carbonyl (C=O) groups excluding carboxylic acids is 2. The molecule has 0 heterocycles. The maximum Gasteiger partial charge on any atom is 0.242 e. The fourth-order valence-electron chi connectivity index (χ4n) is 3.18. The van der Waals surface area contributed by atoms with Gasteiger partial charge in [0.1, 0.15) is 6.04 Å². The van der Waals surface area contributed by atoms with E-state index in [0.29, 0.717) is 41.4 Å². The SMILES string of the molecule is CCCNC(=O)[C@H](CC)N(Cc1c(Cl)cccc1Cl)C(=O)CCc1ccccc1. The molecule has 0 radical (unpaired) electrons. The highest BCUT2D eigenvalue weighted by Gasteiger charge is 2.29. The molecule has 2 aromatic rings. The van der Waals surface area contributed by atoms with Crippen LogP contribution in [0, 0.1) is 0 Å². The van der Waals surface area contributed by atoms with Crippen LogP contribution in [0.2, 0.25) is 10.0 Å². The molecule has 2 amide bonds. The number of rotatable bonds is 10. The summed E-state index contributed by atoms with van der Waals surface area (Å²) in [6, 6.07) is 14.5. The predicted octanol–water partition coefficient (Wildman–Crippen LogP) is 5.26. The molecule has 2 aromatic carbocycles. The summed E-state index contributed by atoms with van der Waals surface area (Å²) in [4.78, 5) is 27.5. The zero-order valence-electron chi connectivity index (χ0n) is 17.0. The van der Waals surface area contributed by atoms with Crippen molar-refractivity contribution in [1.29, 1.82) is 0 Å². The van der Waals surface area contributed by atoms with Gasteiger partial charge in [-0.15, -0.1) is 0 Å². The van der Waals surface area contributed by atoms with E-state index in [9.17, 15) is 9.59 Å². The van der Waals surface area contributed by atoms with Gasteiger partial charge in [0.15, 0.2) is 0 Å². The molecule has 4 nitrogen and oxygen atoms in total. The summed E-state index contributed by atoms with van der Waals surface area (Å²) in [5.41, 5.74) is 1.74. The van der Waals surface area contributed by atoms with Crippen molar-refractivity contribution < 1.29 is 9.59 Å². The first kappa shape index (κ1) is 23.2.